The van der Waals surface area contributed by atoms with Crippen molar-refractivity contribution < 1.29 is 17.5 Å². The van der Waals surface area contributed by atoms with E-state index in [-0.39, 0.29) is 28.9 Å². The molecule has 0 aliphatic carbocycles. The average molecular weight is 273 g/mol. The van der Waals surface area contributed by atoms with Gasteiger partial charge in [-0.05, 0) is 18.2 Å². The lowest BCUT2D eigenvalue weighted by Crippen LogP contribution is -2.01. The fourth-order valence-electron chi connectivity index (χ4n) is 1.25. The molecule has 0 radical (unpaired) electrons. The van der Waals surface area contributed by atoms with E-state index in [2.05, 4.69) is 10.1 Å². The molecule has 0 spiro atoms. The van der Waals surface area contributed by atoms with Gasteiger partial charge in [-0.1, -0.05) is 5.16 Å². The number of hydrogen-bond acceptors (Lipinski definition) is 5. The van der Waals surface area contributed by atoms with Gasteiger partial charge in [0, 0.05) is 4.90 Å². The molecule has 2 aromatic rings. The van der Waals surface area contributed by atoms with E-state index in [0.717, 1.165) is 12.1 Å². The number of halogens is 2. The van der Waals surface area contributed by atoms with Crippen LogP contribution in [0.4, 0.5) is 8.78 Å². The Labute approximate surface area is 103 Å². The molecule has 1 atom stereocenters. The van der Waals surface area contributed by atoms with E-state index < -0.39 is 22.4 Å². The standard InChI is InChI=1S/C10H9F2N3O2S/c11-7-2-1-6(3-8(7)12)18(16)5-9-14-10(4-13)17-15-9/h1-3H,4-5,13H2. The van der Waals surface area contributed by atoms with E-state index in [4.69, 9.17) is 10.3 Å². The minimum Gasteiger partial charge on any atom is -0.338 e. The van der Waals surface area contributed by atoms with Crippen molar-refractivity contribution in [3.05, 3.63) is 41.5 Å². The predicted octanol–water partition coefficient (Wildman–Crippen LogP) is 1.11. The molecule has 1 heterocycles. The molecule has 8 heteroatoms. The van der Waals surface area contributed by atoms with Gasteiger partial charge in [0.1, 0.15) is 0 Å². The fraction of sp³-hybridized carbons (Fsp3) is 0.200. The van der Waals surface area contributed by atoms with Gasteiger partial charge in [0.25, 0.3) is 0 Å². The first kappa shape index (κ1) is 12.8. The molecule has 1 aromatic carbocycles. The Kier molecular flexibility index (Phi) is 3.78. The first-order chi connectivity index (χ1) is 8.60. The molecule has 0 amide bonds. The average Bonchev–Trinajstić information content (AvgIpc) is 2.80. The van der Waals surface area contributed by atoms with Crippen LogP contribution in [0, 0.1) is 11.6 Å². The van der Waals surface area contributed by atoms with E-state index in [9.17, 15) is 13.0 Å². The molecule has 1 aromatic heterocycles. The highest BCUT2D eigenvalue weighted by Crippen LogP contribution is 2.14. The summed E-state index contributed by atoms with van der Waals surface area (Å²) in [7, 11) is -1.57. The summed E-state index contributed by atoms with van der Waals surface area (Å²) in [5.74, 6) is -1.64. The molecule has 0 saturated carbocycles. The Hall–Kier alpha value is -1.67. The maximum Gasteiger partial charge on any atom is 0.240 e. The van der Waals surface area contributed by atoms with Crippen molar-refractivity contribution in [1.82, 2.24) is 10.1 Å². The highest BCUT2D eigenvalue weighted by molar-refractivity contribution is 7.84. The third-order valence-electron chi connectivity index (χ3n) is 2.10. The van der Waals surface area contributed by atoms with E-state index in [1.54, 1.807) is 0 Å². The van der Waals surface area contributed by atoms with E-state index in [1.807, 2.05) is 0 Å². The van der Waals surface area contributed by atoms with Crippen molar-refractivity contribution in [2.45, 2.75) is 17.2 Å². The van der Waals surface area contributed by atoms with Gasteiger partial charge < -0.3 is 10.3 Å². The number of rotatable bonds is 4. The van der Waals surface area contributed by atoms with Crippen LogP contribution in [0.2, 0.25) is 0 Å². The molecule has 1 unspecified atom stereocenters. The SMILES string of the molecule is NCc1nc(CS(=O)c2ccc(F)c(F)c2)no1. The number of benzene rings is 1. The van der Waals surface area contributed by atoms with Crippen LogP contribution in [0.3, 0.4) is 0 Å². The molecule has 5 nitrogen and oxygen atoms in total. The summed E-state index contributed by atoms with van der Waals surface area (Å²) in [6.45, 7) is 0.0881. The molecule has 0 bridgehead atoms. The van der Waals surface area contributed by atoms with Crippen molar-refractivity contribution in [3.63, 3.8) is 0 Å². The van der Waals surface area contributed by atoms with Crippen LogP contribution in [0.1, 0.15) is 11.7 Å². The minimum absolute atomic E-state index is 0.0471. The zero-order chi connectivity index (χ0) is 13.1. The summed E-state index contributed by atoms with van der Waals surface area (Å²) in [5, 5.41) is 3.57. The van der Waals surface area contributed by atoms with Crippen LogP contribution >= 0.6 is 0 Å². The number of aromatic nitrogens is 2. The molecule has 18 heavy (non-hydrogen) atoms. The smallest absolute Gasteiger partial charge is 0.240 e. The molecule has 0 saturated heterocycles. The molecule has 0 fully saturated rings. The topological polar surface area (TPSA) is 82.0 Å². The molecule has 2 N–H and O–H groups in total. The zero-order valence-electron chi connectivity index (χ0n) is 9.10. The van der Waals surface area contributed by atoms with Gasteiger partial charge in [0.2, 0.25) is 5.89 Å². The zero-order valence-corrected chi connectivity index (χ0v) is 9.92. The van der Waals surface area contributed by atoms with Crippen molar-refractivity contribution in [2.75, 3.05) is 0 Å². The molecule has 0 aliphatic heterocycles. The second-order valence-corrected chi connectivity index (χ2v) is 4.83. The lowest BCUT2D eigenvalue weighted by atomic mass is 10.3. The molecular weight excluding hydrogens is 264 g/mol. The van der Waals surface area contributed by atoms with Crippen LogP contribution in [-0.2, 0) is 23.1 Å². The highest BCUT2D eigenvalue weighted by Gasteiger charge is 2.13. The number of nitrogens with zero attached hydrogens (tertiary/aromatic N) is 2. The van der Waals surface area contributed by atoms with Crippen LogP contribution in [0.25, 0.3) is 0 Å². The second kappa shape index (κ2) is 5.32. The van der Waals surface area contributed by atoms with Gasteiger partial charge in [0.15, 0.2) is 17.5 Å². The van der Waals surface area contributed by atoms with Crippen molar-refractivity contribution in [3.8, 4) is 0 Å². The number of hydrogen-bond donors (Lipinski definition) is 1. The third-order valence-corrected chi connectivity index (χ3v) is 3.40. The first-order valence-corrected chi connectivity index (χ1v) is 6.27. The monoisotopic (exact) mass is 273 g/mol. The van der Waals surface area contributed by atoms with E-state index >= 15 is 0 Å². The predicted molar refractivity (Wildman–Crippen MR) is 58.7 cm³/mol. The minimum atomic E-state index is -1.57. The Morgan fingerprint density at radius 3 is 2.72 bits per heavy atom. The van der Waals surface area contributed by atoms with Gasteiger partial charge in [-0.15, -0.1) is 0 Å². The number of nitrogens with two attached hydrogens (primary N) is 1. The fourth-order valence-corrected chi connectivity index (χ4v) is 2.22. The first-order valence-electron chi connectivity index (χ1n) is 4.95. The largest absolute Gasteiger partial charge is 0.338 e. The summed E-state index contributed by atoms with van der Waals surface area (Å²) in [6, 6.07) is 3.05. The maximum atomic E-state index is 13.0. The Bertz CT molecular complexity index is 588. The van der Waals surface area contributed by atoms with Gasteiger partial charge in [-0.2, -0.15) is 4.98 Å². The third kappa shape index (κ3) is 2.77. The molecule has 0 aliphatic rings. The Morgan fingerprint density at radius 2 is 2.11 bits per heavy atom. The lowest BCUT2D eigenvalue weighted by molar-refractivity contribution is 0.376. The normalized spacial score (nSPS) is 12.6. The van der Waals surface area contributed by atoms with Crippen LogP contribution in [0.15, 0.2) is 27.6 Å². The van der Waals surface area contributed by atoms with Crippen molar-refractivity contribution in [1.29, 1.82) is 0 Å². The van der Waals surface area contributed by atoms with E-state index in [1.165, 1.54) is 6.07 Å². The van der Waals surface area contributed by atoms with Crippen LogP contribution in [-0.4, -0.2) is 14.3 Å². The summed E-state index contributed by atoms with van der Waals surface area (Å²) in [6.07, 6.45) is 0. The maximum absolute atomic E-state index is 13.0. The van der Waals surface area contributed by atoms with Crippen molar-refractivity contribution >= 4 is 10.8 Å². The van der Waals surface area contributed by atoms with Gasteiger partial charge in [-0.3, -0.25) is 4.21 Å². The molecule has 2 rings (SSSR count). The summed E-state index contributed by atoms with van der Waals surface area (Å²) in [4.78, 5) is 4.03. The molecular formula is C10H9F2N3O2S. The highest BCUT2D eigenvalue weighted by atomic mass is 32.2. The van der Waals surface area contributed by atoms with Crippen LogP contribution < -0.4 is 5.73 Å². The van der Waals surface area contributed by atoms with Gasteiger partial charge in [0.05, 0.1) is 23.1 Å². The van der Waals surface area contributed by atoms with Crippen LogP contribution in [0.5, 0.6) is 0 Å². The summed E-state index contributed by atoms with van der Waals surface area (Å²) < 4.78 is 42.3. The van der Waals surface area contributed by atoms with Crippen molar-refractivity contribution in [2.24, 2.45) is 5.73 Å². The van der Waals surface area contributed by atoms with Gasteiger partial charge >= 0.3 is 0 Å². The quantitative estimate of drug-likeness (QED) is 0.902. The summed E-state index contributed by atoms with van der Waals surface area (Å²) in [5.41, 5.74) is 5.28. The summed E-state index contributed by atoms with van der Waals surface area (Å²) >= 11 is 0. The second-order valence-electron chi connectivity index (χ2n) is 3.37. The molecule has 96 valence electrons. The Balaban J connectivity index is 2.14. The Morgan fingerprint density at radius 1 is 1.33 bits per heavy atom. The van der Waals surface area contributed by atoms with E-state index in [0.29, 0.717) is 0 Å². The lowest BCUT2D eigenvalue weighted by Gasteiger charge is -2.00. The van der Waals surface area contributed by atoms with Gasteiger partial charge in [-0.25, -0.2) is 8.78 Å².